The summed E-state index contributed by atoms with van der Waals surface area (Å²) in [4.78, 5) is 14.9. The molecule has 1 heterocycles. The van der Waals surface area contributed by atoms with Gasteiger partial charge in [-0.25, -0.2) is 15.6 Å². The molecule has 1 aromatic rings. The maximum atomic E-state index is 11.0. The lowest BCUT2D eigenvalue weighted by Gasteiger charge is -1.95. The second-order valence-corrected chi connectivity index (χ2v) is 2.76. The first-order valence-electron chi connectivity index (χ1n) is 3.37. The van der Waals surface area contributed by atoms with Crippen LogP contribution in [0.15, 0.2) is 5.38 Å². The van der Waals surface area contributed by atoms with E-state index in [1.165, 1.54) is 11.3 Å². The third kappa shape index (κ3) is 3.29. The van der Waals surface area contributed by atoms with Crippen LogP contribution < -0.4 is 11.3 Å². The number of esters is 1. The van der Waals surface area contributed by atoms with Crippen molar-refractivity contribution in [3.05, 3.63) is 11.1 Å². The number of rotatable bonds is 3. The van der Waals surface area contributed by atoms with Crippen LogP contribution in [0.1, 0.15) is 17.4 Å². The summed E-state index contributed by atoms with van der Waals surface area (Å²) < 4.78 is 4.72. The van der Waals surface area contributed by atoms with Crippen molar-refractivity contribution < 1.29 is 9.53 Å². The minimum absolute atomic E-state index is 0. The van der Waals surface area contributed by atoms with Crippen molar-refractivity contribution in [2.45, 2.75) is 6.92 Å². The number of nitrogens with zero attached hydrogens (tertiary/aromatic N) is 1. The Bertz CT molecular complexity index is 279. The van der Waals surface area contributed by atoms with E-state index in [0.717, 1.165) is 0 Å². The molecule has 0 aliphatic heterocycles. The van der Waals surface area contributed by atoms with Crippen LogP contribution >= 0.6 is 28.3 Å². The van der Waals surface area contributed by atoms with Gasteiger partial charge in [0.15, 0.2) is 10.8 Å². The molecule has 1 rings (SSSR count). The molecule has 1 aromatic heterocycles. The lowest BCUT2D eigenvalue weighted by molar-refractivity contribution is 0.0520. The predicted molar refractivity (Wildman–Crippen MR) is 56.2 cm³/mol. The van der Waals surface area contributed by atoms with Crippen molar-refractivity contribution in [1.82, 2.24) is 4.98 Å². The highest BCUT2D eigenvalue weighted by atomic mass is 79.9. The van der Waals surface area contributed by atoms with Crippen molar-refractivity contribution in [2.75, 3.05) is 12.0 Å². The normalized spacial score (nSPS) is 8.77. The molecular weight excluding hydrogens is 258 g/mol. The van der Waals surface area contributed by atoms with E-state index in [0.29, 0.717) is 11.7 Å². The third-order valence-corrected chi connectivity index (χ3v) is 1.89. The highest BCUT2D eigenvalue weighted by molar-refractivity contribution is 8.93. The SMILES string of the molecule is Br.CCOC(=O)c1csc(NN)n1. The van der Waals surface area contributed by atoms with E-state index >= 15 is 0 Å². The number of ether oxygens (including phenoxy) is 1. The zero-order valence-electron chi connectivity index (χ0n) is 6.94. The van der Waals surface area contributed by atoms with Gasteiger partial charge in [-0.3, -0.25) is 5.43 Å². The molecular formula is C6H10BrN3O2S. The second-order valence-electron chi connectivity index (χ2n) is 1.90. The van der Waals surface area contributed by atoms with Gasteiger partial charge >= 0.3 is 5.97 Å². The van der Waals surface area contributed by atoms with Crippen LogP contribution in [0.5, 0.6) is 0 Å². The topological polar surface area (TPSA) is 77.2 Å². The first-order chi connectivity index (χ1) is 5.77. The highest BCUT2D eigenvalue weighted by Gasteiger charge is 2.10. The van der Waals surface area contributed by atoms with Gasteiger partial charge in [-0.05, 0) is 6.92 Å². The molecule has 0 aliphatic carbocycles. The fraction of sp³-hybridized carbons (Fsp3) is 0.333. The Hall–Kier alpha value is -0.660. The molecule has 0 radical (unpaired) electrons. The molecule has 0 aromatic carbocycles. The van der Waals surface area contributed by atoms with Crippen LogP contribution in [0.25, 0.3) is 0 Å². The lowest BCUT2D eigenvalue weighted by atomic mass is 10.5. The number of nitrogens with two attached hydrogens (primary N) is 1. The van der Waals surface area contributed by atoms with Crippen molar-refractivity contribution >= 4 is 39.4 Å². The van der Waals surface area contributed by atoms with Crippen LogP contribution in [0.4, 0.5) is 5.13 Å². The molecule has 0 saturated heterocycles. The molecule has 0 spiro atoms. The number of nitrogen functional groups attached to an aromatic ring is 1. The van der Waals surface area contributed by atoms with Gasteiger partial charge in [0.1, 0.15) is 0 Å². The Balaban J connectivity index is 0.00000144. The van der Waals surface area contributed by atoms with Gasteiger partial charge < -0.3 is 4.74 Å². The third-order valence-electron chi connectivity index (χ3n) is 1.11. The van der Waals surface area contributed by atoms with Crippen LogP contribution in [0.2, 0.25) is 0 Å². The molecule has 0 atom stereocenters. The first-order valence-corrected chi connectivity index (χ1v) is 4.25. The molecule has 7 heteroatoms. The van der Waals surface area contributed by atoms with Gasteiger partial charge in [0.25, 0.3) is 0 Å². The van der Waals surface area contributed by atoms with Gasteiger partial charge in [-0.1, -0.05) is 0 Å². The Morgan fingerprint density at radius 3 is 3.00 bits per heavy atom. The molecule has 13 heavy (non-hydrogen) atoms. The predicted octanol–water partition coefficient (Wildman–Crippen LogP) is 1.18. The largest absolute Gasteiger partial charge is 0.461 e. The van der Waals surface area contributed by atoms with Crippen molar-refractivity contribution in [1.29, 1.82) is 0 Å². The number of halogens is 1. The number of hydrazine groups is 1. The monoisotopic (exact) mass is 267 g/mol. The molecule has 0 amide bonds. The summed E-state index contributed by atoms with van der Waals surface area (Å²) in [6.45, 7) is 2.09. The smallest absolute Gasteiger partial charge is 0.357 e. The summed E-state index contributed by atoms with van der Waals surface area (Å²) >= 11 is 1.26. The van der Waals surface area contributed by atoms with E-state index < -0.39 is 5.97 Å². The molecule has 3 N–H and O–H groups in total. The average Bonchev–Trinajstić information content (AvgIpc) is 2.52. The number of hydrogen-bond donors (Lipinski definition) is 2. The minimum Gasteiger partial charge on any atom is -0.461 e. The molecule has 0 unspecified atom stereocenters. The quantitative estimate of drug-likeness (QED) is 0.489. The molecule has 0 fully saturated rings. The number of aromatic nitrogens is 1. The van der Waals surface area contributed by atoms with E-state index in [4.69, 9.17) is 10.6 Å². The Labute approximate surface area is 90.0 Å². The molecule has 74 valence electrons. The first kappa shape index (κ1) is 12.3. The van der Waals surface area contributed by atoms with Gasteiger partial charge in [0.2, 0.25) is 0 Å². The molecule has 0 aliphatic rings. The second kappa shape index (κ2) is 5.90. The van der Waals surface area contributed by atoms with E-state index in [2.05, 4.69) is 10.4 Å². The van der Waals surface area contributed by atoms with Crippen molar-refractivity contribution in [3.63, 3.8) is 0 Å². The van der Waals surface area contributed by atoms with Crippen LogP contribution in [0, 0.1) is 0 Å². The summed E-state index contributed by atoms with van der Waals surface area (Å²) in [6.07, 6.45) is 0. The van der Waals surface area contributed by atoms with Gasteiger partial charge in [-0.2, -0.15) is 0 Å². The summed E-state index contributed by atoms with van der Waals surface area (Å²) in [7, 11) is 0. The van der Waals surface area contributed by atoms with E-state index in [-0.39, 0.29) is 22.7 Å². The number of nitrogens with one attached hydrogen (secondary N) is 1. The molecule has 0 saturated carbocycles. The Kier molecular flexibility index (Phi) is 5.60. The fourth-order valence-corrected chi connectivity index (χ4v) is 1.23. The fourth-order valence-electron chi connectivity index (χ4n) is 0.639. The number of carbonyl (C=O) groups is 1. The van der Waals surface area contributed by atoms with Gasteiger partial charge in [-0.15, -0.1) is 28.3 Å². The minimum atomic E-state index is -0.421. The van der Waals surface area contributed by atoms with Gasteiger partial charge in [0.05, 0.1) is 6.61 Å². The zero-order valence-corrected chi connectivity index (χ0v) is 9.47. The standard InChI is InChI=1S/C6H9N3O2S.BrH/c1-2-11-5(10)4-3-12-6(8-4)9-7;/h3H,2,7H2,1H3,(H,8,9);1H. The number of carbonyl (C=O) groups excluding carboxylic acids is 1. The lowest BCUT2D eigenvalue weighted by Crippen LogP contribution is -2.08. The van der Waals surface area contributed by atoms with Crippen LogP contribution in [-0.2, 0) is 4.74 Å². The average molecular weight is 268 g/mol. The summed E-state index contributed by atoms with van der Waals surface area (Å²) in [5, 5.41) is 2.09. The number of anilines is 1. The van der Waals surface area contributed by atoms with E-state index in [1.807, 2.05) is 0 Å². The van der Waals surface area contributed by atoms with Crippen molar-refractivity contribution in [3.8, 4) is 0 Å². The van der Waals surface area contributed by atoms with Gasteiger partial charge in [0, 0.05) is 5.38 Å². The zero-order chi connectivity index (χ0) is 8.97. The highest BCUT2D eigenvalue weighted by Crippen LogP contribution is 2.14. The Morgan fingerprint density at radius 1 is 1.85 bits per heavy atom. The molecule has 5 nitrogen and oxygen atoms in total. The maximum Gasteiger partial charge on any atom is 0.357 e. The van der Waals surface area contributed by atoms with E-state index in [1.54, 1.807) is 12.3 Å². The summed E-state index contributed by atoms with van der Waals surface area (Å²) in [5.74, 6) is 4.66. The van der Waals surface area contributed by atoms with Crippen LogP contribution in [-0.4, -0.2) is 17.6 Å². The molecule has 0 bridgehead atoms. The number of hydrogen-bond acceptors (Lipinski definition) is 6. The summed E-state index contributed by atoms with van der Waals surface area (Å²) in [6, 6.07) is 0. The van der Waals surface area contributed by atoms with E-state index in [9.17, 15) is 4.79 Å². The Morgan fingerprint density at radius 2 is 2.54 bits per heavy atom. The maximum absolute atomic E-state index is 11.0. The summed E-state index contributed by atoms with van der Waals surface area (Å²) in [5.41, 5.74) is 2.63. The van der Waals surface area contributed by atoms with Crippen LogP contribution in [0.3, 0.4) is 0 Å². The van der Waals surface area contributed by atoms with Crippen molar-refractivity contribution in [2.24, 2.45) is 5.84 Å². The number of thiazole rings is 1.